The van der Waals surface area contributed by atoms with Gasteiger partial charge in [-0.2, -0.15) is 11.8 Å². The van der Waals surface area contributed by atoms with Gasteiger partial charge in [0.15, 0.2) is 0 Å². The summed E-state index contributed by atoms with van der Waals surface area (Å²) >= 11 is 1.87. The van der Waals surface area contributed by atoms with E-state index in [1.807, 2.05) is 16.7 Å². The van der Waals surface area contributed by atoms with E-state index in [1.165, 1.54) is 0 Å². The number of aliphatic hydroxyl groups is 1. The van der Waals surface area contributed by atoms with Gasteiger partial charge in [0.1, 0.15) is 0 Å². The maximum absolute atomic E-state index is 11.9. The Morgan fingerprint density at radius 1 is 1.43 bits per heavy atom. The normalized spacial score (nSPS) is 33.4. The monoisotopic (exact) mass is 215 g/mol. The second-order valence-electron chi connectivity index (χ2n) is 4.14. The summed E-state index contributed by atoms with van der Waals surface area (Å²) in [5.41, 5.74) is 0. The van der Waals surface area contributed by atoms with Gasteiger partial charge in [0.05, 0.1) is 6.10 Å². The molecule has 2 saturated heterocycles. The molecule has 0 aromatic heterocycles. The zero-order valence-corrected chi connectivity index (χ0v) is 9.13. The number of carbonyl (C=O) groups is 1. The van der Waals surface area contributed by atoms with Crippen molar-refractivity contribution < 1.29 is 9.90 Å². The van der Waals surface area contributed by atoms with E-state index in [0.29, 0.717) is 6.54 Å². The largest absolute Gasteiger partial charge is 0.391 e. The minimum Gasteiger partial charge on any atom is -0.391 e. The number of carbonyl (C=O) groups excluding carboxylic acids is 1. The van der Waals surface area contributed by atoms with Crippen LogP contribution in [0.5, 0.6) is 0 Å². The van der Waals surface area contributed by atoms with Crippen LogP contribution >= 0.6 is 11.8 Å². The van der Waals surface area contributed by atoms with E-state index < -0.39 is 0 Å². The average molecular weight is 215 g/mol. The number of rotatable bonds is 1. The number of thioether (sulfide) groups is 1. The fourth-order valence-corrected chi connectivity index (χ4v) is 3.35. The predicted molar refractivity (Wildman–Crippen MR) is 57.3 cm³/mol. The Balaban J connectivity index is 1.89. The number of β-amino-alcohol motifs (C(OH)–C–C–N with tert-alkyl or cyclic N) is 1. The van der Waals surface area contributed by atoms with Crippen molar-refractivity contribution in [3.8, 4) is 0 Å². The van der Waals surface area contributed by atoms with Crippen LogP contribution in [0, 0.1) is 5.92 Å². The molecule has 2 rings (SSSR count). The highest BCUT2D eigenvalue weighted by Crippen LogP contribution is 2.26. The molecule has 2 fully saturated rings. The number of piperidine rings is 1. The SMILES string of the molecule is O=C(C1CCSC1)N1CCC[C@H](O)C1. The van der Waals surface area contributed by atoms with Gasteiger partial charge in [-0.25, -0.2) is 0 Å². The molecule has 2 aliphatic rings. The zero-order chi connectivity index (χ0) is 9.97. The number of hydrogen-bond donors (Lipinski definition) is 1. The molecule has 4 heteroatoms. The van der Waals surface area contributed by atoms with E-state index in [2.05, 4.69) is 0 Å². The molecule has 0 aliphatic carbocycles. The summed E-state index contributed by atoms with van der Waals surface area (Å²) in [6.45, 7) is 1.40. The van der Waals surface area contributed by atoms with Gasteiger partial charge < -0.3 is 10.0 Å². The molecular formula is C10H17NO2S. The topological polar surface area (TPSA) is 40.5 Å². The maximum Gasteiger partial charge on any atom is 0.226 e. The minimum absolute atomic E-state index is 0.227. The van der Waals surface area contributed by atoms with Crippen molar-refractivity contribution in [1.29, 1.82) is 0 Å². The van der Waals surface area contributed by atoms with Crippen molar-refractivity contribution >= 4 is 17.7 Å². The summed E-state index contributed by atoms with van der Waals surface area (Å²) in [5.74, 6) is 2.59. The molecule has 0 saturated carbocycles. The fraction of sp³-hybridized carbons (Fsp3) is 0.900. The number of aliphatic hydroxyl groups excluding tert-OH is 1. The van der Waals surface area contributed by atoms with Crippen LogP contribution in [0.15, 0.2) is 0 Å². The molecule has 2 heterocycles. The lowest BCUT2D eigenvalue weighted by Gasteiger charge is -2.31. The van der Waals surface area contributed by atoms with Gasteiger partial charge in [0.2, 0.25) is 5.91 Å². The van der Waals surface area contributed by atoms with Crippen LogP contribution in [0.4, 0.5) is 0 Å². The Morgan fingerprint density at radius 2 is 2.29 bits per heavy atom. The first-order valence-electron chi connectivity index (χ1n) is 5.32. The maximum atomic E-state index is 11.9. The van der Waals surface area contributed by atoms with Gasteiger partial charge in [0.25, 0.3) is 0 Å². The standard InChI is InChI=1S/C10H17NO2S/c12-9-2-1-4-11(6-9)10(13)8-3-5-14-7-8/h8-9,12H,1-7H2/t8?,9-/m0/s1. The molecule has 0 aromatic rings. The van der Waals surface area contributed by atoms with Crippen LogP contribution in [0.3, 0.4) is 0 Å². The van der Waals surface area contributed by atoms with Crippen molar-refractivity contribution in [2.45, 2.75) is 25.4 Å². The zero-order valence-electron chi connectivity index (χ0n) is 8.32. The number of nitrogens with zero attached hydrogens (tertiary/aromatic N) is 1. The van der Waals surface area contributed by atoms with E-state index in [-0.39, 0.29) is 17.9 Å². The Kier molecular flexibility index (Phi) is 3.34. The summed E-state index contributed by atoms with van der Waals surface area (Å²) < 4.78 is 0. The quantitative estimate of drug-likeness (QED) is 0.701. The van der Waals surface area contributed by atoms with E-state index in [4.69, 9.17) is 0 Å². The van der Waals surface area contributed by atoms with Crippen LogP contribution in [0.25, 0.3) is 0 Å². The number of likely N-dealkylation sites (tertiary alicyclic amines) is 1. The van der Waals surface area contributed by atoms with Crippen molar-refractivity contribution in [1.82, 2.24) is 4.90 Å². The summed E-state index contributed by atoms with van der Waals surface area (Å²) in [6, 6.07) is 0. The van der Waals surface area contributed by atoms with Crippen LogP contribution in [0.2, 0.25) is 0 Å². The molecule has 3 nitrogen and oxygen atoms in total. The number of amides is 1. The van der Waals surface area contributed by atoms with Crippen LogP contribution in [0.1, 0.15) is 19.3 Å². The summed E-state index contributed by atoms with van der Waals surface area (Å²) in [6.07, 6.45) is 2.54. The Morgan fingerprint density at radius 3 is 2.93 bits per heavy atom. The van der Waals surface area contributed by atoms with Crippen molar-refractivity contribution in [3.05, 3.63) is 0 Å². The van der Waals surface area contributed by atoms with Crippen molar-refractivity contribution in [3.63, 3.8) is 0 Å². The highest BCUT2D eigenvalue weighted by molar-refractivity contribution is 7.99. The Labute approximate surface area is 88.9 Å². The molecule has 0 spiro atoms. The van der Waals surface area contributed by atoms with E-state index in [9.17, 15) is 9.90 Å². The lowest BCUT2D eigenvalue weighted by Crippen LogP contribution is -2.44. The second kappa shape index (κ2) is 4.53. The van der Waals surface area contributed by atoms with Crippen LogP contribution < -0.4 is 0 Å². The fourth-order valence-electron chi connectivity index (χ4n) is 2.14. The van der Waals surface area contributed by atoms with E-state index in [1.54, 1.807) is 0 Å². The molecule has 1 amide bonds. The third-order valence-electron chi connectivity index (χ3n) is 2.99. The molecule has 0 aromatic carbocycles. The molecule has 0 radical (unpaired) electrons. The lowest BCUT2D eigenvalue weighted by atomic mass is 10.0. The molecule has 2 aliphatic heterocycles. The van der Waals surface area contributed by atoms with Gasteiger partial charge in [-0.3, -0.25) is 4.79 Å². The third-order valence-corrected chi connectivity index (χ3v) is 4.15. The second-order valence-corrected chi connectivity index (χ2v) is 5.29. The first-order chi connectivity index (χ1) is 6.77. The highest BCUT2D eigenvalue weighted by Gasteiger charge is 2.30. The van der Waals surface area contributed by atoms with Crippen molar-refractivity contribution in [2.24, 2.45) is 5.92 Å². The highest BCUT2D eigenvalue weighted by atomic mass is 32.2. The van der Waals surface area contributed by atoms with Crippen molar-refractivity contribution in [2.75, 3.05) is 24.6 Å². The van der Waals surface area contributed by atoms with Gasteiger partial charge in [-0.15, -0.1) is 0 Å². The number of hydrogen-bond acceptors (Lipinski definition) is 3. The Bertz CT molecular complexity index is 216. The lowest BCUT2D eigenvalue weighted by molar-refractivity contribution is -0.137. The van der Waals surface area contributed by atoms with E-state index in [0.717, 1.165) is 37.3 Å². The minimum atomic E-state index is -0.290. The molecule has 0 bridgehead atoms. The molecule has 80 valence electrons. The first-order valence-corrected chi connectivity index (χ1v) is 6.47. The van der Waals surface area contributed by atoms with Gasteiger partial charge in [-0.1, -0.05) is 0 Å². The first kappa shape index (κ1) is 10.3. The summed E-state index contributed by atoms with van der Waals surface area (Å²) in [4.78, 5) is 13.8. The van der Waals surface area contributed by atoms with Crippen LogP contribution in [-0.4, -0.2) is 46.6 Å². The van der Waals surface area contributed by atoms with Crippen LogP contribution in [-0.2, 0) is 4.79 Å². The molecular weight excluding hydrogens is 198 g/mol. The van der Waals surface area contributed by atoms with Gasteiger partial charge in [0, 0.05) is 24.8 Å². The molecule has 14 heavy (non-hydrogen) atoms. The molecule has 2 atom stereocenters. The van der Waals surface area contributed by atoms with E-state index >= 15 is 0 Å². The van der Waals surface area contributed by atoms with Gasteiger partial charge in [-0.05, 0) is 25.0 Å². The smallest absolute Gasteiger partial charge is 0.226 e. The Hall–Kier alpha value is -0.220. The average Bonchev–Trinajstić information content (AvgIpc) is 2.69. The van der Waals surface area contributed by atoms with Gasteiger partial charge >= 0.3 is 0 Å². The third kappa shape index (κ3) is 2.23. The predicted octanol–water partition coefficient (Wildman–Crippen LogP) is 0.723. The molecule has 1 unspecified atom stereocenters. The summed E-state index contributed by atoms with van der Waals surface area (Å²) in [5, 5.41) is 9.47. The molecule has 1 N–H and O–H groups in total. The summed E-state index contributed by atoms with van der Waals surface area (Å²) in [7, 11) is 0.